The highest BCUT2D eigenvalue weighted by Gasteiger charge is 2.20. The van der Waals surface area contributed by atoms with Crippen molar-refractivity contribution >= 4 is 11.8 Å². The highest BCUT2D eigenvalue weighted by molar-refractivity contribution is 7.99. The SMILES string of the molecule is Cc1cccc(-c2nnc(C(C)Sc3nnc(Cc4ccccc4F)n3N)o2)c1. The molecule has 2 N–H and O–H groups in total. The van der Waals surface area contributed by atoms with E-state index in [1.165, 1.54) is 22.5 Å². The van der Waals surface area contributed by atoms with Gasteiger partial charge in [0.1, 0.15) is 5.82 Å². The molecule has 0 bridgehead atoms. The molecule has 148 valence electrons. The minimum atomic E-state index is -0.299. The van der Waals surface area contributed by atoms with Gasteiger partial charge in [-0.2, -0.15) is 0 Å². The van der Waals surface area contributed by atoms with E-state index in [9.17, 15) is 4.39 Å². The zero-order valence-electron chi connectivity index (χ0n) is 15.9. The Labute approximate surface area is 171 Å². The van der Waals surface area contributed by atoms with Crippen LogP contribution < -0.4 is 5.84 Å². The number of hydrogen-bond acceptors (Lipinski definition) is 7. The summed E-state index contributed by atoms with van der Waals surface area (Å²) >= 11 is 1.34. The van der Waals surface area contributed by atoms with Crippen molar-refractivity contribution in [3.63, 3.8) is 0 Å². The lowest BCUT2D eigenvalue weighted by Crippen LogP contribution is -2.15. The van der Waals surface area contributed by atoms with Gasteiger partial charge in [-0.1, -0.05) is 47.7 Å². The van der Waals surface area contributed by atoms with E-state index in [4.69, 9.17) is 10.3 Å². The first-order valence-corrected chi connectivity index (χ1v) is 9.89. The number of benzene rings is 2. The van der Waals surface area contributed by atoms with E-state index in [-0.39, 0.29) is 17.5 Å². The Balaban J connectivity index is 1.49. The Morgan fingerprint density at radius 1 is 1.10 bits per heavy atom. The van der Waals surface area contributed by atoms with E-state index >= 15 is 0 Å². The van der Waals surface area contributed by atoms with Crippen LogP contribution in [-0.2, 0) is 6.42 Å². The molecule has 29 heavy (non-hydrogen) atoms. The second-order valence-electron chi connectivity index (χ2n) is 6.61. The number of nitrogens with zero attached hydrogens (tertiary/aromatic N) is 5. The number of aryl methyl sites for hydroxylation is 1. The van der Waals surface area contributed by atoms with Crippen LogP contribution in [0, 0.1) is 12.7 Å². The quantitative estimate of drug-likeness (QED) is 0.380. The first-order chi connectivity index (χ1) is 14.0. The Morgan fingerprint density at radius 3 is 2.72 bits per heavy atom. The molecule has 0 saturated carbocycles. The topological polar surface area (TPSA) is 95.7 Å². The molecule has 0 aliphatic heterocycles. The third-order valence-electron chi connectivity index (χ3n) is 4.38. The molecule has 0 aliphatic carbocycles. The summed E-state index contributed by atoms with van der Waals surface area (Å²) in [6, 6.07) is 14.4. The van der Waals surface area contributed by atoms with E-state index in [2.05, 4.69) is 20.4 Å². The number of thioether (sulfide) groups is 1. The average Bonchev–Trinajstić information content (AvgIpc) is 3.33. The molecule has 2 heterocycles. The molecule has 9 heteroatoms. The molecular weight excluding hydrogens is 391 g/mol. The van der Waals surface area contributed by atoms with Crippen molar-refractivity contribution in [2.24, 2.45) is 0 Å². The molecule has 0 fully saturated rings. The fourth-order valence-electron chi connectivity index (χ4n) is 2.82. The summed E-state index contributed by atoms with van der Waals surface area (Å²) in [6.07, 6.45) is 0.253. The molecule has 0 spiro atoms. The third-order valence-corrected chi connectivity index (χ3v) is 5.42. The largest absolute Gasteiger partial charge is 0.419 e. The van der Waals surface area contributed by atoms with Crippen molar-refractivity contribution in [3.05, 3.63) is 77.2 Å². The van der Waals surface area contributed by atoms with Gasteiger partial charge < -0.3 is 10.3 Å². The molecule has 4 rings (SSSR count). The molecule has 0 saturated heterocycles. The van der Waals surface area contributed by atoms with Crippen molar-refractivity contribution in [2.45, 2.75) is 30.7 Å². The van der Waals surface area contributed by atoms with Crippen LogP contribution in [0.15, 0.2) is 58.1 Å². The van der Waals surface area contributed by atoms with Crippen LogP contribution >= 0.6 is 11.8 Å². The fourth-order valence-corrected chi connectivity index (χ4v) is 3.64. The number of rotatable bonds is 6. The van der Waals surface area contributed by atoms with E-state index in [0.717, 1.165) is 11.1 Å². The van der Waals surface area contributed by atoms with E-state index in [0.29, 0.717) is 28.3 Å². The van der Waals surface area contributed by atoms with E-state index in [1.54, 1.807) is 18.2 Å². The van der Waals surface area contributed by atoms with Gasteiger partial charge >= 0.3 is 0 Å². The van der Waals surface area contributed by atoms with Gasteiger partial charge in [0.2, 0.25) is 16.9 Å². The summed E-state index contributed by atoms with van der Waals surface area (Å²) in [6.45, 7) is 3.93. The number of nitrogen functional groups attached to an aromatic ring is 1. The van der Waals surface area contributed by atoms with E-state index in [1.807, 2.05) is 38.1 Å². The first-order valence-electron chi connectivity index (χ1n) is 9.01. The van der Waals surface area contributed by atoms with Crippen LogP contribution in [-0.4, -0.2) is 25.1 Å². The molecule has 0 aliphatic rings. The molecule has 2 aromatic carbocycles. The molecular formula is C20H19FN6OS. The Kier molecular flexibility index (Phi) is 5.30. The number of nitrogens with two attached hydrogens (primary N) is 1. The van der Waals surface area contributed by atoms with Crippen LogP contribution in [0.1, 0.15) is 35.0 Å². The van der Waals surface area contributed by atoms with Crippen molar-refractivity contribution < 1.29 is 8.81 Å². The number of aromatic nitrogens is 5. The van der Waals surface area contributed by atoms with Gasteiger partial charge in [-0.25, -0.2) is 9.07 Å². The van der Waals surface area contributed by atoms with Crippen molar-refractivity contribution in [2.75, 3.05) is 5.84 Å². The smallest absolute Gasteiger partial charge is 0.247 e. The van der Waals surface area contributed by atoms with Crippen LogP contribution in [0.3, 0.4) is 0 Å². The van der Waals surface area contributed by atoms with Crippen LogP contribution in [0.25, 0.3) is 11.5 Å². The van der Waals surface area contributed by atoms with Crippen molar-refractivity contribution in [1.82, 2.24) is 25.1 Å². The molecule has 0 radical (unpaired) electrons. The van der Waals surface area contributed by atoms with Gasteiger partial charge in [-0.05, 0) is 37.6 Å². The van der Waals surface area contributed by atoms with Gasteiger partial charge in [0.05, 0.1) is 5.25 Å². The summed E-state index contributed by atoms with van der Waals surface area (Å²) in [5.41, 5.74) is 2.49. The Bertz CT molecular complexity index is 1140. The predicted octanol–water partition coefficient (Wildman–Crippen LogP) is 3.93. The zero-order chi connectivity index (χ0) is 20.4. The summed E-state index contributed by atoms with van der Waals surface area (Å²) < 4.78 is 21.1. The first kappa shape index (κ1) is 19.1. The van der Waals surface area contributed by atoms with Crippen LogP contribution in [0.2, 0.25) is 0 Å². The minimum Gasteiger partial charge on any atom is -0.419 e. The maximum absolute atomic E-state index is 13.9. The maximum atomic E-state index is 13.9. The van der Waals surface area contributed by atoms with Gasteiger partial charge in [-0.15, -0.1) is 20.4 Å². The molecule has 2 aromatic heterocycles. The number of halogens is 1. The summed E-state index contributed by atoms with van der Waals surface area (Å²) in [5, 5.41) is 16.8. The van der Waals surface area contributed by atoms with Gasteiger partial charge in [-0.3, -0.25) is 0 Å². The Hall–Kier alpha value is -3.20. The molecule has 7 nitrogen and oxygen atoms in total. The van der Waals surface area contributed by atoms with Gasteiger partial charge in [0, 0.05) is 12.0 Å². The molecule has 1 atom stereocenters. The third kappa shape index (κ3) is 4.14. The summed E-state index contributed by atoms with van der Waals surface area (Å²) in [7, 11) is 0. The lowest BCUT2D eigenvalue weighted by atomic mass is 10.1. The van der Waals surface area contributed by atoms with Gasteiger partial charge in [0.25, 0.3) is 0 Å². The van der Waals surface area contributed by atoms with E-state index < -0.39 is 0 Å². The molecule has 1 unspecified atom stereocenters. The highest BCUT2D eigenvalue weighted by Crippen LogP contribution is 2.34. The predicted molar refractivity (Wildman–Crippen MR) is 108 cm³/mol. The average molecular weight is 410 g/mol. The summed E-state index contributed by atoms with van der Waals surface area (Å²) in [4.78, 5) is 0. The number of hydrogen-bond donors (Lipinski definition) is 1. The summed E-state index contributed by atoms with van der Waals surface area (Å²) in [5.74, 6) is 7.22. The van der Waals surface area contributed by atoms with Crippen LogP contribution in [0.5, 0.6) is 0 Å². The lowest BCUT2D eigenvalue weighted by Gasteiger charge is -2.07. The fraction of sp³-hybridized carbons (Fsp3) is 0.200. The standard InChI is InChI=1S/C20H19FN6OS/c1-12-6-5-8-15(10-12)19-25-24-18(28-19)13(2)29-20-26-23-17(27(20)22)11-14-7-3-4-9-16(14)21/h3-10,13H,11,22H2,1-2H3. The molecule has 4 aromatic rings. The van der Waals surface area contributed by atoms with Gasteiger partial charge in [0.15, 0.2) is 5.82 Å². The zero-order valence-corrected chi connectivity index (χ0v) is 16.7. The molecule has 0 amide bonds. The minimum absolute atomic E-state index is 0.186. The Morgan fingerprint density at radius 2 is 1.93 bits per heavy atom. The normalized spacial score (nSPS) is 12.2. The van der Waals surface area contributed by atoms with Crippen molar-refractivity contribution in [1.29, 1.82) is 0 Å². The monoisotopic (exact) mass is 410 g/mol. The second kappa shape index (κ2) is 8.04. The maximum Gasteiger partial charge on any atom is 0.247 e. The van der Waals surface area contributed by atoms with Crippen molar-refractivity contribution in [3.8, 4) is 11.5 Å². The second-order valence-corrected chi connectivity index (χ2v) is 7.92. The highest BCUT2D eigenvalue weighted by atomic mass is 32.2. The lowest BCUT2D eigenvalue weighted by molar-refractivity contribution is 0.508. The van der Waals surface area contributed by atoms with Crippen LogP contribution in [0.4, 0.5) is 4.39 Å².